The molecule has 0 radical (unpaired) electrons. The molecule has 21 heavy (non-hydrogen) atoms. The van der Waals surface area contributed by atoms with E-state index in [-0.39, 0.29) is 26.1 Å². The van der Waals surface area contributed by atoms with Gasteiger partial charge in [-0.1, -0.05) is 0 Å². The molecule has 6 nitrogen and oxygen atoms in total. The molecule has 0 aromatic heterocycles. The monoisotopic (exact) mass is 310 g/mol. The molecule has 1 saturated heterocycles. The number of urea groups is 1. The van der Waals surface area contributed by atoms with Crippen LogP contribution in [0.1, 0.15) is 25.7 Å². The zero-order valence-corrected chi connectivity index (χ0v) is 11.3. The van der Waals surface area contributed by atoms with Crippen molar-refractivity contribution < 1.29 is 32.6 Å². The van der Waals surface area contributed by atoms with Crippen molar-refractivity contribution >= 4 is 12.0 Å². The highest BCUT2D eigenvalue weighted by atomic mass is 19.4. The van der Waals surface area contributed by atoms with Gasteiger partial charge in [-0.15, -0.1) is 0 Å². The molecule has 1 saturated carbocycles. The molecule has 120 valence electrons. The Morgan fingerprint density at radius 3 is 2.29 bits per heavy atom. The summed E-state index contributed by atoms with van der Waals surface area (Å²) in [6.45, 7) is -1.07. The fraction of sp³-hybridized carbons (Fsp3) is 0.833. The lowest BCUT2D eigenvalue weighted by atomic mass is 9.90. The maximum Gasteiger partial charge on any atom is 0.406 e. The third-order valence-electron chi connectivity index (χ3n) is 3.70. The molecule has 0 unspecified atom stereocenters. The van der Waals surface area contributed by atoms with Crippen LogP contribution in [0.25, 0.3) is 0 Å². The van der Waals surface area contributed by atoms with Crippen molar-refractivity contribution in [1.29, 1.82) is 0 Å². The summed E-state index contributed by atoms with van der Waals surface area (Å²) in [5.41, 5.74) is -1.55. The topological polar surface area (TPSA) is 78.9 Å². The number of nitrogens with one attached hydrogen (secondary N) is 1. The number of nitrogens with zero attached hydrogens (tertiary/aromatic N) is 1. The van der Waals surface area contributed by atoms with Crippen LogP contribution in [0.4, 0.5) is 18.0 Å². The number of rotatable bonds is 4. The van der Waals surface area contributed by atoms with E-state index in [1.165, 1.54) is 0 Å². The van der Waals surface area contributed by atoms with Crippen molar-refractivity contribution in [3.63, 3.8) is 0 Å². The van der Waals surface area contributed by atoms with Gasteiger partial charge in [-0.2, -0.15) is 13.2 Å². The van der Waals surface area contributed by atoms with E-state index in [9.17, 15) is 27.9 Å². The maximum atomic E-state index is 12.5. The number of carbonyl (C=O) groups excluding carboxylic acids is 1. The zero-order valence-electron chi connectivity index (χ0n) is 11.3. The predicted octanol–water partition coefficient (Wildman–Crippen LogP) is 1.36. The van der Waals surface area contributed by atoms with Crippen LogP contribution >= 0.6 is 0 Å². The van der Waals surface area contributed by atoms with Gasteiger partial charge in [0, 0.05) is 32.1 Å². The largest absolute Gasteiger partial charge is 0.480 e. The van der Waals surface area contributed by atoms with Gasteiger partial charge >= 0.3 is 18.2 Å². The highest BCUT2D eigenvalue weighted by molar-refractivity contribution is 5.86. The van der Waals surface area contributed by atoms with Crippen molar-refractivity contribution in [2.45, 2.75) is 43.4 Å². The van der Waals surface area contributed by atoms with E-state index in [2.05, 4.69) is 5.32 Å². The number of ether oxygens (including phenoxy) is 1. The van der Waals surface area contributed by atoms with Crippen LogP contribution in [0.2, 0.25) is 0 Å². The fourth-order valence-corrected chi connectivity index (χ4v) is 2.33. The number of halogens is 3. The van der Waals surface area contributed by atoms with E-state index in [4.69, 9.17) is 4.74 Å². The Balaban J connectivity index is 2.07. The third kappa shape index (κ3) is 3.99. The van der Waals surface area contributed by atoms with Gasteiger partial charge in [0.1, 0.15) is 12.1 Å². The summed E-state index contributed by atoms with van der Waals surface area (Å²) in [6, 6.07) is -1.43. The first-order valence-electron chi connectivity index (χ1n) is 6.70. The Bertz CT molecular complexity index is 417. The standard InChI is InChI=1S/C12H17F3N2O4/c13-12(14,15)7-17(8-1-2-8)10(20)16-11(9(18)19)3-5-21-6-4-11/h8H,1-7H2,(H,16,20)(H,18,19). The van der Waals surface area contributed by atoms with Gasteiger partial charge in [0.25, 0.3) is 0 Å². The van der Waals surface area contributed by atoms with Gasteiger partial charge in [0.05, 0.1) is 0 Å². The smallest absolute Gasteiger partial charge is 0.406 e. The molecule has 2 N–H and O–H groups in total. The minimum atomic E-state index is -4.51. The summed E-state index contributed by atoms with van der Waals surface area (Å²) >= 11 is 0. The van der Waals surface area contributed by atoms with Gasteiger partial charge in [0.2, 0.25) is 0 Å². The van der Waals surface area contributed by atoms with Crippen LogP contribution in [0, 0.1) is 0 Å². The second-order valence-corrected chi connectivity index (χ2v) is 5.40. The lowest BCUT2D eigenvalue weighted by Gasteiger charge is -2.36. The van der Waals surface area contributed by atoms with Gasteiger partial charge in [-0.05, 0) is 12.8 Å². The second-order valence-electron chi connectivity index (χ2n) is 5.40. The summed E-state index contributed by atoms with van der Waals surface area (Å²) in [6.07, 6.45) is -3.41. The number of amides is 2. The van der Waals surface area contributed by atoms with Crippen LogP contribution < -0.4 is 5.32 Å². The number of hydrogen-bond donors (Lipinski definition) is 2. The first kappa shape index (κ1) is 15.9. The van der Waals surface area contributed by atoms with E-state index >= 15 is 0 Å². The van der Waals surface area contributed by atoms with Crippen molar-refractivity contribution in [3.05, 3.63) is 0 Å². The average molecular weight is 310 g/mol. The van der Waals surface area contributed by atoms with Crippen LogP contribution in [-0.4, -0.2) is 59.5 Å². The maximum absolute atomic E-state index is 12.5. The molecule has 9 heteroatoms. The molecule has 0 aromatic rings. The van der Waals surface area contributed by atoms with E-state index in [0.29, 0.717) is 17.7 Å². The van der Waals surface area contributed by atoms with Crippen LogP contribution in [0.15, 0.2) is 0 Å². The van der Waals surface area contributed by atoms with Crippen LogP contribution in [-0.2, 0) is 9.53 Å². The molecule has 1 aliphatic heterocycles. The molecule has 1 aliphatic carbocycles. The molecule has 0 atom stereocenters. The van der Waals surface area contributed by atoms with Gasteiger partial charge in [-0.25, -0.2) is 9.59 Å². The number of aliphatic carboxylic acids is 1. The van der Waals surface area contributed by atoms with Gasteiger partial charge < -0.3 is 20.1 Å². The molecular formula is C12H17F3N2O4. The quantitative estimate of drug-likeness (QED) is 0.822. The Morgan fingerprint density at radius 2 is 1.86 bits per heavy atom. The molecule has 0 bridgehead atoms. The Hall–Kier alpha value is -1.51. The van der Waals surface area contributed by atoms with Crippen molar-refractivity contribution in [2.24, 2.45) is 0 Å². The molecule has 0 spiro atoms. The minimum Gasteiger partial charge on any atom is -0.480 e. The van der Waals surface area contributed by atoms with E-state index in [1.54, 1.807) is 0 Å². The average Bonchev–Trinajstić information content (AvgIpc) is 3.20. The summed E-state index contributed by atoms with van der Waals surface area (Å²) < 4.78 is 42.6. The normalized spacial score (nSPS) is 21.7. The number of hydrogen-bond acceptors (Lipinski definition) is 3. The molecule has 0 aromatic carbocycles. The predicted molar refractivity (Wildman–Crippen MR) is 64.7 cm³/mol. The number of carboxylic acids is 1. The molecule has 1 heterocycles. The fourth-order valence-electron chi connectivity index (χ4n) is 2.33. The third-order valence-corrected chi connectivity index (χ3v) is 3.70. The Labute approximate surface area is 119 Å². The van der Waals surface area contributed by atoms with Crippen molar-refractivity contribution in [1.82, 2.24) is 10.2 Å². The molecule has 2 fully saturated rings. The molecule has 2 aliphatic rings. The lowest BCUT2D eigenvalue weighted by Crippen LogP contribution is -2.61. The van der Waals surface area contributed by atoms with E-state index < -0.39 is 36.3 Å². The molecular weight excluding hydrogens is 293 g/mol. The number of alkyl halides is 3. The molecule has 2 amide bonds. The molecule has 2 rings (SSSR count). The van der Waals surface area contributed by atoms with Crippen LogP contribution in [0.5, 0.6) is 0 Å². The minimum absolute atomic E-state index is 0.0403. The van der Waals surface area contributed by atoms with Crippen molar-refractivity contribution in [3.8, 4) is 0 Å². The first-order chi connectivity index (χ1) is 9.73. The summed E-state index contributed by atoms with van der Waals surface area (Å²) in [4.78, 5) is 24.2. The summed E-state index contributed by atoms with van der Waals surface area (Å²) in [5.74, 6) is -1.25. The van der Waals surface area contributed by atoms with E-state index in [1.807, 2.05) is 0 Å². The number of carbonyl (C=O) groups is 2. The summed E-state index contributed by atoms with van der Waals surface area (Å²) in [7, 11) is 0. The SMILES string of the molecule is O=C(NC1(C(=O)O)CCOCC1)N(CC(F)(F)F)C1CC1. The first-order valence-corrected chi connectivity index (χ1v) is 6.70. The highest BCUT2D eigenvalue weighted by Gasteiger charge is 2.46. The van der Waals surface area contributed by atoms with Gasteiger partial charge in [-0.3, -0.25) is 0 Å². The van der Waals surface area contributed by atoms with Gasteiger partial charge in [0.15, 0.2) is 0 Å². The highest BCUT2D eigenvalue weighted by Crippen LogP contribution is 2.31. The second kappa shape index (κ2) is 5.70. The zero-order chi connectivity index (χ0) is 15.7. The Kier molecular flexibility index (Phi) is 4.31. The van der Waals surface area contributed by atoms with Crippen molar-refractivity contribution in [2.75, 3.05) is 19.8 Å². The van der Waals surface area contributed by atoms with E-state index in [0.717, 1.165) is 0 Å². The lowest BCUT2D eigenvalue weighted by molar-refractivity contribution is -0.149. The summed E-state index contributed by atoms with van der Waals surface area (Å²) in [5, 5.41) is 11.6. The Morgan fingerprint density at radius 1 is 1.29 bits per heavy atom. The van der Waals surface area contributed by atoms with Crippen LogP contribution in [0.3, 0.4) is 0 Å². The number of carboxylic acid groups (broad SMARTS) is 1.